The van der Waals surface area contributed by atoms with Gasteiger partial charge in [-0.05, 0) is 19.7 Å². The molecule has 0 heterocycles. The molecule has 0 aliphatic carbocycles. The molecule has 0 bridgehead atoms. The van der Waals surface area contributed by atoms with Crippen LogP contribution in [0.15, 0.2) is 30.8 Å². The largest absolute Gasteiger partial charge is 1.00 e. The zero-order valence-electron chi connectivity index (χ0n) is 12.0. The summed E-state index contributed by atoms with van der Waals surface area (Å²) in [7, 11) is 8.81. The normalized spacial score (nSPS) is 11.2. The summed E-state index contributed by atoms with van der Waals surface area (Å²) in [6.45, 7) is 7.13. The van der Waals surface area contributed by atoms with Crippen LogP contribution in [-0.4, -0.2) is 50.7 Å². The van der Waals surface area contributed by atoms with Crippen LogP contribution in [0.2, 0.25) is 0 Å². The Bertz CT molecular complexity index is 355. The summed E-state index contributed by atoms with van der Waals surface area (Å²) >= 11 is 0. The number of quaternary nitrogens is 1. The third-order valence-corrected chi connectivity index (χ3v) is 2.98. The average Bonchev–Trinajstić information content (AvgIpc) is 2.27. The minimum atomic E-state index is 0. The lowest BCUT2D eigenvalue weighted by molar-refractivity contribution is -0.903. The molecule has 0 saturated heterocycles. The van der Waals surface area contributed by atoms with E-state index < -0.39 is 0 Å². The van der Waals surface area contributed by atoms with Gasteiger partial charge in [-0.2, -0.15) is 0 Å². The first-order valence-corrected chi connectivity index (χ1v) is 6.11. The molecule has 18 heavy (non-hydrogen) atoms. The Morgan fingerprint density at radius 3 is 2.17 bits per heavy atom. The fourth-order valence-corrected chi connectivity index (χ4v) is 1.80. The molecule has 3 heteroatoms. The van der Waals surface area contributed by atoms with Crippen molar-refractivity contribution in [3.8, 4) is 0 Å². The molecule has 0 unspecified atom stereocenters. The van der Waals surface area contributed by atoms with Gasteiger partial charge in [0, 0.05) is 12.1 Å². The van der Waals surface area contributed by atoms with Gasteiger partial charge >= 0.3 is 0 Å². The van der Waals surface area contributed by atoms with E-state index in [1.54, 1.807) is 0 Å². The van der Waals surface area contributed by atoms with Gasteiger partial charge in [0.1, 0.15) is 6.54 Å². The van der Waals surface area contributed by atoms with Crippen molar-refractivity contribution in [2.45, 2.75) is 6.54 Å². The molecule has 0 atom stereocenters. The minimum Gasteiger partial charge on any atom is -1.00 e. The van der Waals surface area contributed by atoms with Crippen molar-refractivity contribution < 1.29 is 16.9 Å². The molecule has 0 N–H and O–H groups in total. The zero-order valence-corrected chi connectivity index (χ0v) is 12.7. The van der Waals surface area contributed by atoms with E-state index in [1.165, 1.54) is 11.1 Å². The quantitative estimate of drug-likeness (QED) is 0.628. The molecule has 0 aromatic heterocycles. The minimum absolute atomic E-state index is 0. The molecule has 1 rings (SSSR count). The molecular weight excluding hydrogens is 244 g/mol. The summed E-state index contributed by atoms with van der Waals surface area (Å²) in [6.07, 6.45) is 1.88. The van der Waals surface area contributed by atoms with E-state index in [0.29, 0.717) is 0 Å². The highest BCUT2D eigenvalue weighted by molar-refractivity contribution is 5.47. The maximum Gasteiger partial charge on any atom is 0.104 e. The molecule has 102 valence electrons. The van der Waals surface area contributed by atoms with Crippen molar-refractivity contribution in [2.24, 2.45) is 0 Å². The van der Waals surface area contributed by atoms with Crippen molar-refractivity contribution in [1.82, 2.24) is 4.90 Å². The second kappa shape index (κ2) is 7.57. The highest BCUT2D eigenvalue weighted by Gasteiger charge is 2.15. The SMILES string of the molecule is C=Cc1ccc(C[N+](C)(C)CCN(C)C)cc1.[Cl-]. The lowest BCUT2D eigenvalue weighted by Crippen LogP contribution is -3.00. The molecule has 0 saturated carbocycles. The van der Waals surface area contributed by atoms with Crippen LogP contribution in [0.5, 0.6) is 0 Å². The van der Waals surface area contributed by atoms with Crippen LogP contribution in [0.1, 0.15) is 11.1 Å². The Hall–Kier alpha value is -0.830. The van der Waals surface area contributed by atoms with Crippen LogP contribution in [0.4, 0.5) is 0 Å². The van der Waals surface area contributed by atoms with Gasteiger partial charge in [-0.15, -0.1) is 0 Å². The van der Waals surface area contributed by atoms with Gasteiger partial charge in [-0.25, -0.2) is 0 Å². The summed E-state index contributed by atoms with van der Waals surface area (Å²) in [6, 6.07) is 8.67. The van der Waals surface area contributed by atoms with Gasteiger partial charge in [0.25, 0.3) is 0 Å². The standard InChI is InChI=1S/C15H25N2.ClH/c1-6-14-7-9-15(10-8-14)13-17(4,5)12-11-16(2)3;/h6-10H,1,11-13H2,2-5H3;1H/q+1;/p-1. The number of rotatable bonds is 6. The van der Waals surface area contributed by atoms with Crippen LogP contribution in [0, 0.1) is 0 Å². The summed E-state index contributed by atoms with van der Waals surface area (Å²) in [5.74, 6) is 0. The highest BCUT2D eigenvalue weighted by atomic mass is 35.5. The van der Waals surface area contributed by atoms with Gasteiger partial charge in [0.05, 0.1) is 20.6 Å². The molecule has 0 aliphatic heterocycles. The Morgan fingerprint density at radius 2 is 1.72 bits per heavy atom. The molecule has 2 nitrogen and oxygen atoms in total. The number of nitrogens with zero attached hydrogens (tertiary/aromatic N) is 2. The maximum absolute atomic E-state index is 3.77. The smallest absolute Gasteiger partial charge is 0.104 e. The second-order valence-electron chi connectivity index (χ2n) is 5.57. The van der Waals surface area contributed by atoms with Gasteiger partial charge in [0.15, 0.2) is 0 Å². The highest BCUT2D eigenvalue weighted by Crippen LogP contribution is 2.11. The van der Waals surface area contributed by atoms with Crippen molar-refractivity contribution in [3.05, 3.63) is 42.0 Å². The lowest BCUT2D eigenvalue weighted by Gasteiger charge is -2.31. The number of halogens is 1. The van der Waals surface area contributed by atoms with E-state index in [0.717, 1.165) is 24.1 Å². The number of likely N-dealkylation sites (N-methyl/N-ethyl adjacent to an activating group) is 2. The molecule has 0 fully saturated rings. The van der Waals surface area contributed by atoms with Crippen molar-refractivity contribution in [1.29, 1.82) is 0 Å². The molecule has 0 radical (unpaired) electrons. The van der Waals surface area contributed by atoms with Crippen LogP contribution >= 0.6 is 0 Å². The molecule has 0 amide bonds. The molecule has 1 aromatic rings. The van der Waals surface area contributed by atoms with E-state index in [9.17, 15) is 0 Å². The Morgan fingerprint density at radius 1 is 1.17 bits per heavy atom. The molecule has 0 spiro atoms. The van der Waals surface area contributed by atoms with E-state index in [2.05, 4.69) is 63.9 Å². The Labute approximate surface area is 118 Å². The van der Waals surface area contributed by atoms with E-state index in [-0.39, 0.29) is 12.4 Å². The van der Waals surface area contributed by atoms with Crippen molar-refractivity contribution in [2.75, 3.05) is 41.3 Å². The molecule has 0 aliphatic rings. The predicted molar refractivity (Wildman–Crippen MR) is 75.8 cm³/mol. The van der Waals surface area contributed by atoms with Gasteiger partial charge in [-0.3, -0.25) is 0 Å². The van der Waals surface area contributed by atoms with Gasteiger partial charge in [0.2, 0.25) is 0 Å². The summed E-state index contributed by atoms with van der Waals surface area (Å²) in [5.41, 5.74) is 2.58. The fraction of sp³-hybridized carbons (Fsp3) is 0.467. The van der Waals surface area contributed by atoms with E-state index in [4.69, 9.17) is 0 Å². The number of benzene rings is 1. The molecular formula is C15H25ClN2. The molecule has 1 aromatic carbocycles. The van der Waals surface area contributed by atoms with Crippen molar-refractivity contribution >= 4 is 6.08 Å². The Balaban J connectivity index is 0.00000289. The first-order chi connectivity index (χ1) is 7.93. The third-order valence-electron chi connectivity index (χ3n) is 2.98. The van der Waals surface area contributed by atoms with Crippen LogP contribution in [-0.2, 0) is 6.54 Å². The average molecular weight is 269 g/mol. The third kappa shape index (κ3) is 6.20. The van der Waals surface area contributed by atoms with Crippen LogP contribution < -0.4 is 12.4 Å². The second-order valence-corrected chi connectivity index (χ2v) is 5.57. The van der Waals surface area contributed by atoms with Gasteiger partial charge in [-0.1, -0.05) is 36.9 Å². The fourth-order valence-electron chi connectivity index (χ4n) is 1.80. The lowest BCUT2D eigenvalue weighted by atomic mass is 10.1. The number of hydrogen-bond donors (Lipinski definition) is 0. The van der Waals surface area contributed by atoms with Crippen molar-refractivity contribution in [3.63, 3.8) is 0 Å². The maximum atomic E-state index is 3.77. The zero-order chi connectivity index (χ0) is 12.9. The van der Waals surface area contributed by atoms with E-state index >= 15 is 0 Å². The van der Waals surface area contributed by atoms with Gasteiger partial charge < -0.3 is 21.8 Å². The topological polar surface area (TPSA) is 3.24 Å². The van der Waals surface area contributed by atoms with Crippen LogP contribution in [0.3, 0.4) is 0 Å². The Kier molecular flexibility index (Phi) is 7.22. The van der Waals surface area contributed by atoms with Crippen LogP contribution in [0.25, 0.3) is 6.08 Å². The number of hydrogen-bond acceptors (Lipinski definition) is 1. The summed E-state index contributed by atoms with van der Waals surface area (Å²) < 4.78 is 1.02. The monoisotopic (exact) mass is 268 g/mol. The first kappa shape index (κ1) is 17.2. The van der Waals surface area contributed by atoms with E-state index in [1.807, 2.05) is 6.08 Å². The first-order valence-electron chi connectivity index (χ1n) is 6.11. The predicted octanol–water partition coefficient (Wildman–Crippen LogP) is -0.528. The summed E-state index contributed by atoms with van der Waals surface area (Å²) in [4.78, 5) is 2.24. The summed E-state index contributed by atoms with van der Waals surface area (Å²) in [5, 5.41) is 0.